The largest absolute Gasteiger partial charge is 0.480 e. The first-order chi connectivity index (χ1) is 17.4. The lowest BCUT2D eigenvalue weighted by molar-refractivity contribution is -0.137. The molecule has 4 rings (SSSR count). The van der Waals surface area contributed by atoms with Gasteiger partial charge in [-0.05, 0) is 60.9 Å². The van der Waals surface area contributed by atoms with Crippen LogP contribution < -0.4 is 10.1 Å². The van der Waals surface area contributed by atoms with E-state index in [0.29, 0.717) is 17.7 Å². The predicted octanol–water partition coefficient (Wildman–Crippen LogP) is 3.75. The molecule has 2 atom stereocenters. The van der Waals surface area contributed by atoms with E-state index in [-0.39, 0.29) is 29.8 Å². The lowest BCUT2D eigenvalue weighted by Crippen LogP contribution is -2.45. The van der Waals surface area contributed by atoms with Crippen LogP contribution in [0.4, 0.5) is 17.6 Å². The molecule has 1 amide bonds. The molecule has 0 radical (unpaired) electrons. The molecule has 1 aliphatic heterocycles. The molecule has 2 aromatic carbocycles. The number of benzene rings is 2. The summed E-state index contributed by atoms with van der Waals surface area (Å²) in [6.45, 7) is 1.91. The first-order valence-corrected chi connectivity index (χ1v) is 12.7. The summed E-state index contributed by atoms with van der Waals surface area (Å²) in [5, 5.41) is 6.91. The predicted molar refractivity (Wildman–Crippen MR) is 125 cm³/mol. The summed E-state index contributed by atoms with van der Waals surface area (Å²) in [6.07, 6.45) is -2.66. The minimum Gasteiger partial charge on any atom is -0.480 e. The Hall–Kier alpha value is -3.45. The summed E-state index contributed by atoms with van der Waals surface area (Å²) in [5.41, 5.74) is -0.00594. The van der Waals surface area contributed by atoms with Crippen molar-refractivity contribution in [3.8, 4) is 11.6 Å². The van der Waals surface area contributed by atoms with Gasteiger partial charge in [-0.2, -0.15) is 17.5 Å². The van der Waals surface area contributed by atoms with Crippen LogP contribution in [0.2, 0.25) is 0 Å². The number of nitrogens with one attached hydrogen (secondary N) is 1. The molecule has 13 heteroatoms. The molecule has 0 spiro atoms. The standard InChI is InChI=1S/C24H24F4N4O4S/c1-15-11-21(32(13-15)37(34,35)20-9-5-18(25)6-10-20)22(33)29-12-16-14-31(30-23(16)36-2)19-7-3-17(4-8-19)24(26,27)28/h3-10,14-15,21H,11-13H2,1-2H3,(H,29,33)/t15-,21+/m1/s1. The highest BCUT2D eigenvalue weighted by atomic mass is 32.2. The first kappa shape index (κ1) is 26.6. The molecule has 1 fully saturated rings. The van der Waals surface area contributed by atoms with Crippen molar-refractivity contribution < 1.29 is 35.5 Å². The molecular weight excluding hydrogens is 516 g/mol. The maximum Gasteiger partial charge on any atom is 0.416 e. The molecule has 8 nitrogen and oxygen atoms in total. The highest BCUT2D eigenvalue weighted by molar-refractivity contribution is 7.89. The number of alkyl halides is 3. The van der Waals surface area contributed by atoms with Gasteiger partial charge in [0.1, 0.15) is 11.9 Å². The fourth-order valence-electron chi connectivity index (χ4n) is 4.18. The zero-order valence-electron chi connectivity index (χ0n) is 19.9. The minimum atomic E-state index is -4.47. The van der Waals surface area contributed by atoms with Gasteiger partial charge < -0.3 is 10.1 Å². The van der Waals surface area contributed by atoms with Crippen LogP contribution in [0.3, 0.4) is 0 Å². The summed E-state index contributed by atoms with van der Waals surface area (Å²) in [6, 6.07) is 7.81. The van der Waals surface area contributed by atoms with E-state index in [9.17, 15) is 30.8 Å². The van der Waals surface area contributed by atoms with Gasteiger partial charge in [0, 0.05) is 19.3 Å². The van der Waals surface area contributed by atoms with Crippen LogP contribution in [0.1, 0.15) is 24.5 Å². The van der Waals surface area contributed by atoms with Crippen molar-refractivity contribution >= 4 is 15.9 Å². The van der Waals surface area contributed by atoms with Crippen molar-refractivity contribution in [2.75, 3.05) is 13.7 Å². The number of nitrogens with zero attached hydrogens (tertiary/aromatic N) is 3. The second kappa shape index (κ2) is 10.1. The minimum absolute atomic E-state index is 0.0576. The first-order valence-electron chi connectivity index (χ1n) is 11.3. The quantitative estimate of drug-likeness (QED) is 0.461. The third-order valence-corrected chi connectivity index (χ3v) is 7.93. The molecule has 37 heavy (non-hydrogen) atoms. The maximum atomic E-state index is 13.3. The van der Waals surface area contributed by atoms with Gasteiger partial charge in [-0.3, -0.25) is 4.79 Å². The summed E-state index contributed by atoms with van der Waals surface area (Å²) in [7, 11) is -2.68. The summed E-state index contributed by atoms with van der Waals surface area (Å²) >= 11 is 0. The lowest BCUT2D eigenvalue weighted by atomic mass is 10.1. The molecule has 1 aromatic heterocycles. The number of carbonyl (C=O) groups excluding carboxylic acids is 1. The number of carbonyl (C=O) groups is 1. The average molecular weight is 541 g/mol. The van der Waals surface area contributed by atoms with Gasteiger partial charge in [0.15, 0.2) is 0 Å². The number of hydrogen-bond acceptors (Lipinski definition) is 5. The Morgan fingerprint density at radius 3 is 2.38 bits per heavy atom. The molecular formula is C24H24F4N4O4S. The van der Waals surface area contributed by atoms with Crippen molar-refractivity contribution in [2.45, 2.75) is 37.0 Å². The topological polar surface area (TPSA) is 93.5 Å². The number of sulfonamides is 1. The van der Waals surface area contributed by atoms with Crippen LogP contribution in [0.15, 0.2) is 59.6 Å². The van der Waals surface area contributed by atoms with Crippen LogP contribution in [0.25, 0.3) is 5.69 Å². The summed E-state index contributed by atoms with van der Waals surface area (Å²) in [4.78, 5) is 13.0. The lowest BCUT2D eigenvalue weighted by Gasteiger charge is -2.23. The van der Waals surface area contributed by atoms with Gasteiger partial charge >= 0.3 is 6.18 Å². The van der Waals surface area contributed by atoms with Crippen molar-refractivity contribution in [3.63, 3.8) is 0 Å². The van der Waals surface area contributed by atoms with Crippen LogP contribution in [-0.2, 0) is 27.5 Å². The van der Waals surface area contributed by atoms with Gasteiger partial charge in [-0.1, -0.05) is 6.92 Å². The van der Waals surface area contributed by atoms with Crippen molar-refractivity contribution in [2.24, 2.45) is 5.92 Å². The van der Waals surface area contributed by atoms with E-state index in [1.807, 2.05) is 6.92 Å². The van der Waals surface area contributed by atoms with E-state index >= 15 is 0 Å². The molecule has 0 saturated carbocycles. The van der Waals surface area contributed by atoms with E-state index in [2.05, 4.69) is 10.4 Å². The maximum absolute atomic E-state index is 13.3. The van der Waals surface area contributed by atoms with Crippen molar-refractivity contribution in [1.82, 2.24) is 19.4 Å². The second-order valence-corrected chi connectivity index (χ2v) is 10.6. The Kier molecular flexibility index (Phi) is 7.29. The third-order valence-electron chi connectivity index (χ3n) is 6.04. The molecule has 1 aliphatic rings. The van der Waals surface area contributed by atoms with Crippen LogP contribution in [0, 0.1) is 11.7 Å². The third kappa shape index (κ3) is 5.62. The van der Waals surface area contributed by atoms with Crippen molar-refractivity contribution in [1.29, 1.82) is 0 Å². The van der Waals surface area contributed by atoms with Gasteiger partial charge in [0.2, 0.25) is 21.8 Å². The van der Waals surface area contributed by atoms with Crippen molar-refractivity contribution in [3.05, 3.63) is 71.7 Å². The monoisotopic (exact) mass is 540 g/mol. The Labute approximate surface area is 210 Å². The van der Waals surface area contributed by atoms with E-state index in [1.54, 1.807) is 0 Å². The van der Waals surface area contributed by atoms with Gasteiger partial charge in [0.25, 0.3) is 0 Å². The van der Waals surface area contributed by atoms with Gasteiger partial charge in [-0.15, -0.1) is 5.10 Å². The Morgan fingerprint density at radius 2 is 1.78 bits per heavy atom. The Balaban J connectivity index is 1.50. The average Bonchev–Trinajstić information content (AvgIpc) is 3.46. The fourth-order valence-corrected chi connectivity index (χ4v) is 5.89. The molecule has 198 valence electrons. The van der Waals surface area contributed by atoms with Crippen LogP contribution in [-0.4, -0.2) is 48.1 Å². The molecule has 3 aromatic rings. The molecule has 0 aliphatic carbocycles. The van der Waals surface area contributed by atoms with E-state index in [4.69, 9.17) is 4.74 Å². The SMILES string of the molecule is COc1nn(-c2ccc(C(F)(F)F)cc2)cc1CNC(=O)[C@@H]1C[C@@H](C)CN1S(=O)(=O)c1ccc(F)cc1. The number of aromatic nitrogens is 2. The van der Waals surface area contributed by atoms with Gasteiger partial charge in [0.05, 0.1) is 28.8 Å². The molecule has 1 saturated heterocycles. The highest BCUT2D eigenvalue weighted by Crippen LogP contribution is 2.31. The molecule has 0 unspecified atom stereocenters. The molecule has 1 N–H and O–H groups in total. The Morgan fingerprint density at radius 1 is 1.14 bits per heavy atom. The van der Waals surface area contributed by atoms with Crippen LogP contribution in [0.5, 0.6) is 5.88 Å². The number of methoxy groups -OCH3 is 1. The van der Waals surface area contributed by atoms with Crippen LogP contribution >= 0.6 is 0 Å². The number of amides is 1. The smallest absolute Gasteiger partial charge is 0.416 e. The fraction of sp³-hybridized carbons (Fsp3) is 0.333. The Bertz CT molecular complexity index is 1370. The molecule has 0 bridgehead atoms. The zero-order chi connectivity index (χ0) is 27.0. The highest BCUT2D eigenvalue weighted by Gasteiger charge is 2.42. The number of hydrogen-bond donors (Lipinski definition) is 1. The number of ether oxygens (including phenoxy) is 1. The number of halogens is 4. The molecule has 2 heterocycles. The number of rotatable bonds is 7. The van der Waals surface area contributed by atoms with E-state index in [1.165, 1.54) is 30.1 Å². The normalized spacial score (nSPS) is 18.6. The second-order valence-electron chi connectivity index (χ2n) is 8.76. The van der Waals surface area contributed by atoms with E-state index in [0.717, 1.165) is 40.7 Å². The van der Waals surface area contributed by atoms with E-state index < -0.39 is 39.5 Å². The summed E-state index contributed by atoms with van der Waals surface area (Å²) < 4.78 is 85.8. The summed E-state index contributed by atoms with van der Waals surface area (Å²) in [5.74, 6) is -1.04. The zero-order valence-corrected chi connectivity index (χ0v) is 20.7. The van der Waals surface area contributed by atoms with Gasteiger partial charge in [-0.25, -0.2) is 17.5 Å².